The number of nitrogens with two attached hydrogens (primary N) is 1. The van der Waals surface area contributed by atoms with Gasteiger partial charge >= 0.3 is 0 Å². The lowest BCUT2D eigenvalue weighted by Gasteiger charge is -2.12. The van der Waals surface area contributed by atoms with Gasteiger partial charge in [0.25, 0.3) is 10.0 Å². The first-order chi connectivity index (χ1) is 9.83. The lowest BCUT2D eigenvalue weighted by Crippen LogP contribution is -2.14. The molecule has 7 heteroatoms. The van der Waals surface area contributed by atoms with Crippen LogP contribution in [0.15, 0.2) is 35.4 Å². The van der Waals surface area contributed by atoms with Crippen LogP contribution in [0.1, 0.15) is 16.8 Å². The molecule has 0 amide bonds. The maximum absolute atomic E-state index is 12.3. The molecule has 1 heterocycles. The van der Waals surface area contributed by atoms with E-state index in [-0.39, 0.29) is 10.6 Å². The number of nitrogen functional groups attached to an aromatic ring is 1. The van der Waals surface area contributed by atoms with Crippen molar-refractivity contribution in [1.82, 2.24) is 4.98 Å². The fourth-order valence-corrected chi connectivity index (χ4v) is 2.85. The molecule has 0 spiro atoms. The topological polar surface area (TPSA) is 109 Å². The summed E-state index contributed by atoms with van der Waals surface area (Å²) < 4.78 is 27.0. The molecule has 0 aliphatic carbocycles. The number of anilines is 2. The van der Waals surface area contributed by atoms with Crippen LogP contribution in [0.3, 0.4) is 0 Å². The Labute approximate surface area is 123 Å². The van der Waals surface area contributed by atoms with Crippen molar-refractivity contribution in [2.75, 3.05) is 10.5 Å². The maximum Gasteiger partial charge on any atom is 0.263 e. The van der Waals surface area contributed by atoms with E-state index in [1.165, 1.54) is 12.1 Å². The first-order valence-electron chi connectivity index (χ1n) is 6.09. The van der Waals surface area contributed by atoms with Gasteiger partial charge in [0.1, 0.15) is 16.7 Å². The molecule has 6 nitrogen and oxygen atoms in total. The van der Waals surface area contributed by atoms with Crippen LogP contribution < -0.4 is 10.5 Å². The molecule has 0 saturated heterocycles. The number of sulfonamides is 1. The Balaban J connectivity index is 2.37. The monoisotopic (exact) mass is 302 g/mol. The van der Waals surface area contributed by atoms with Gasteiger partial charge in [-0.1, -0.05) is 6.07 Å². The normalized spacial score (nSPS) is 10.9. The molecule has 0 bridgehead atoms. The third-order valence-corrected chi connectivity index (χ3v) is 4.37. The molecule has 0 fully saturated rings. The van der Waals surface area contributed by atoms with Crippen molar-refractivity contribution in [1.29, 1.82) is 5.26 Å². The summed E-state index contributed by atoms with van der Waals surface area (Å²) in [6.07, 6.45) is 1.15. The fraction of sp³-hybridized carbons (Fsp3) is 0.143. The van der Waals surface area contributed by atoms with E-state index in [0.29, 0.717) is 11.4 Å². The molecule has 0 aliphatic rings. The lowest BCUT2D eigenvalue weighted by molar-refractivity contribution is 0.600. The molecule has 2 aromatic rings. The predicted octanol–water partition coefficient (Wildman–Crippen LogP) is 1.95. The molecule has 0 aliphatic heterocycles. The number of aryl methyl sites for hydroxylation is 2. The summed E-state index contributed by atoms with van der Waals surface area (Å²) in [5.41, 5.74) is 8.54. The van der Waals surface area contributed by atoms with Gasteiger partial charge in [-0.3, -0.25) is 4.72 Å². The average molecular weight is 302 g/mol. The second-order valence-electron chi connectivity index (χ2n) is 4.62. The van der Waals surface area contributed by atoms with Gasteiger partial charge in [0.15, 0.2) is 0 Å². The fourth-order valence-electron chi connectivity index (χ4n) is 1.79. The third kappa shape index (κ3) is 3.12. The first-order valence-corrected chi connectivity index (χ1v) is 7.57. The second-order valence-corrected chi connectivity index (χ2v) is 6.30. The summed E-state index contributed by atoms with van der Waals surface area (Å²) in [7, 11) is -3.77. The van der Waals surface area contributed by atoms with Crippen molar-refractivity contribution in [2.24, 2.45) is 0 Å². The quantitative estimate of drug-likeness (QED) is 0.842. The van der Waals surface area contributed by atoms with Crippen LogP contribution in [-0.2, 0) is 10.0 Å². The highest BCUT2D eigenvalue weighted by molar-refractivity contribution is 7.92. The molecule has 2 rings (SSSR count). The number of hydrogen-bond acceptors (Lipinski definition) is 5. The van der Waals surface area contributed by atoms with Crippen LogP contribution in [0.5, 0.6) is 0 Å². The predicted molar refractivity (Wildman–Crippen MR) is 80.1 cm³/mol. The third-order valence-electron chi connectivity index (χ3n) is 3.02. The molecule has 0 radical (unpaired) electrons. The van der Waals surface area contributed by atoms with Crippen LogP contribution in [0, 0.1) is 25.2 Å². The van der Waals surface area contributed by atoms with E-state index in [2.05, 4.69) is 9.71 Å². The first kappa shape index (κ1) is 14.8. The summed E-state index contributed by atoms with van der Waals surface area (Å²) in [5, 5.41) is 8.67. The molecule has 1 aromatic heterocycles. The second kappa shape index (κ2) is 5.42. The largest absolute Gasteiger partial charge is 0.398 e. The van der Waals surface area contributed by atoms with Gasteiger partial charge in [0.05, 0.1) is 5.69 Å². The standard InChI is InChI=1S/C14H14N4O2S/c1-9-5-10(2)14(6-13(9)16)18-21(19,20)12-4-3-11(7-15)17-8-12/h3-6,8,18H,16H2,1-2H3. The van der Waals surface area contributed by atoms with Crippen LogP contribution in [0.2, 0.25) is 0 Å². The Kier molecular flexibility index (Phi) is 3.82. The number of rotatable bonds is 3. The van der Waals surface area contributed by atoms with Crippen molar-refractivity contribution >= 4 is 21.4 Å². The molecule has 0 saturated carbocycles. The van der Waals surface area contributed by atoms with E-state index >= 15 is 0 Å². The summed E-state index contributed by atoms with van der Waals surface area (Å²) >= 11 is 0. The number of nitriles is 1. The Bertz CT molecular complexity index is 821. The zero-order chi connectivity index (χ0) is 15.6. The van der Waals surface area contributed by atoms with Crippen LogP contribution >= 0.6 is 0 Å². The van der Waals surface area contributed by atoms with E-state index in [1.807, 2.05) is 19.1 Å². The molecular formula is C14H14N4O2S. The Morgan fingerprint density at radius 2 is 1.95 bits per heavy atom. The summed E-state index contributed by atoms with van der Waals surface area (Å²) in [5.74, 6) is 0. The number of nitrogens with zero attached hydrogens (tertiary/aromatic N) is 2. The van der Waals surface area contributed by atoms with Gasteiger partial charge < -0.3 is 5.73 Å². The number of benzene rings is 1. The number of hydrogen-bond donors (Lipinski definition) is 2. The minimum Gasteiger partial charge on any atom is -0.398 e. The van der Waals surface area contributed by atoms with Gasteiger partial charge in [-0.2, -0.15) is 5.26 Å². The summed E-state index contributed by atoms with van der Waals surface area (Å²) in [4.78, 5) is 3.74. The van der Waals surface area contributed by atoms with E-state index in [1.54, 1.807) is 13.0 Å². The van der Waals surface area contributed by atoms with Crippen molar-refractivity contribution in [3.63, 3.8) is 0 Å². The number of nitrogens with one attached hydrogen (secondary N) is 1. The van der Waals surface area contributed by atoms with E-state index in [9.17, 15) is 8.42 Å². The zero-order valence-corrected chi connectivity index (χ0v) is 12.4. The van der Waals surface area contributed by atoms with Crippen LogP contribution in [0.25, 0.3) is 0 Å². The highest BCUT2D eigenvalue weighted by atomic mass is 32.2. The van der Waals surface area contributed by atoms with Crippen molar-refractivity contribution in [3.8, 4) is 6.07 Å². The molecule has 3 N–H and O–H groups in total. The Morgan fingerprint density at radius 1 is 1.24 bits per heavy atom. The molecule has 108 valence electrons. The van der Waals surface area contributed by atoms with Gasteiger partial charge in [-0.15, -0.1) is 0 Å². The Morgan fingerprint density at radius 3 is 2.52 bits per heavy atom. The lowest BCUT2D eigenvalue weighted by atomic mass is 10.1. The number of pyridine rings is 1. The summed E-state index contributed by atoms with van der Waals surface area (Å²) in [6.45, 7) is 3.65. The smallest absolute Gasteiger partial charge is 0.263 e. The average Bonchev–Trinajstić information content (AvgIpc) is 2.44. The van der Waals surface area contributed by atoms with Crippen molar-refractivity contribution in [3.05, 3.63) is 47.3 Å². The van der Waals surface area contributed by atoms with Crippen molar-refractivity contribution < 1.29 is 8.42 Å². The minimum atomic E-state index is -3.77. The van der Waals surface area contributed by atoms with Gasteiger partial charge in [-0.25, -0.2) is 13.4 Å². The van der Waals surface area contributed by atoms with Gasteiger partial charge in [0, 0.05) is 11.9 Å². The number of aromatic nitrogens is 1. The van der Waals surface area contributed by atoms with E-state index in [0.717, 1.165) is 17.3 Å². The molecular weight excluding hydrogens is 288 g/mol. The summed E-state index contributed by atoms with van der Waals surface area (Å²) in [6, 6.07) is 7.91. The molecule has 1 aromatic carbocycles. The van der Waals surface area contributed by atoms with Gasteiger partial charge in [0.2, 0.25) is 0 Å². The maximum atomic E-state index is 12.3. The van der Waals surface area contributed by atoms with Crippen molar-refractivity contribution in [2.45, 2.75) is 18.7 Å². The molecule has 21 heavy (non-hydrogen) atoms. The molecule has 0 unspecified atom stereocenters. The van der Waals surface area contributed by atoms with Gasteiger partial charge in [-0.05, 0) is 43.2 Å². The zero-order valence-electron chi connectivity index (χ0n) is 11.6. The molecule has 0 atom stereocenters. The van der Waals surface area contributed by atoms with E-state index < -0.39 is 10.0 Å². The minimum absolute atomic E-state index is 0.0138. The van der Waals surface area contributed by atoms with Crippen LogP contribution in [-0.4, -0.2) is 13.4 Å². The van der Waals surface area contributed by atoms with Crippen LogP contribution in [0.4, 0.5) is 11.4 Å². The SMILES string of the molecule is Cc1cc(C)c(NS(=O)(=O)c2ccc(C#N)nc2)cc1N. The Hall–Kier alpha value is -2.59. The highest BCUT2D eigenvalue weighted by Crippen LogP contribution is 2.24. The van der Waals surface area contributed by atoms with E-state index in [4.69, 9.17) is 11.0 Å². The highest BCUT2D eigenvalue weighted by Gasteiger charge is 2.16.